The van der Waals surface area contributed by atoms with Gasteiger partial charge in [-0.2, -0.15) is 0 Å². The normalized spacial score (nSPS) is 18.6. The predicted octanol–water partition coefficient (Wildman–Crippen LogP) is 1.66. The number of carbonyl (C=O) groups excluding carboxylic acids is 5. The van der Waals surface area contributed by atoms with E-state index in [1.165, 1.54) is 18.9 Å². The van der Waals surface area contributed by atoms with Gasteiger partial charge < -0.3 is 19.7 Å². The second kappa shape index (κ2) is 12.4. The molecule has 0 spiro atoms. The van der Waals surface area contributed by atoms with E-state index in [0.29, 0.717) is 19.4 Å². The molecule has 2 fully saturated rings. The summed E-state index contributed by atoms with van der Waals surface area (Å²) in [7, 11) is 1.20. The van der Waals surface area contributed by atoms with Crippen LogP contribution in [0, 0.1) is 0 Å². The number of nitrogens with one attached hydrogen (secondary N) is 1. The van der Waals surface area contributed by atoms with Crippen LogP contribution in [0.4, 0.5) is 4.79 Å². The molecular weight excluding hydrogens is 504 g/mol. The van der Waals surface area contributed by atoms with Crippen molar-refractivity contribution in [2.24, 2.45) is 0 Å². The number of hydrogen-bond donors (Lipinski definition) is 1. The number of rotatable bonds is 8. The second-order valence-corrected chi connectivity index (χ2v) is 9.48. The minimum absolute atomic E-state index is 0.00146. The first-order chi connectivity index (χ1) is 18.8. The van der Waals surface area contributed by atoms with Gasteiger partial charge in [0, 0.05) is 13.0 Å². The molecule has 0 bridgehead atoms. The Morgan fingerprint density at radius 2 is 1.64 bits per heavy atom. The lowest BCUT2D eigenvalue weighted by molar-refractivity contribution is -0.178. The number of hydrazine groups is 1. The fourth-order valence-corrected chi connectivity index (χ4v) is 4.86. The van der Waals surface area contributed by atoms with Crippen molar-refractivity contribution in [1.29, 1.82) is 0 Å². The Bertz CT molecular complexity index is 1210. The monoisotopic (exact) mass is 536 g/mol. The highest BCUT2D eigenvalue weighted by Gasteiger charge is 2.48. The van der Waals surface area contributed by atoms with E-state index in [9.17, 15) is 24.0 Å². The molecule has 39 heavy (non-hydrogen) atoms. The standard InChI is InChI=1S/C28H32N4O7/c1-19(29-28(37)39-18-21-12-7-4-8-13-21)25(34)31-17-24(33)30-15-9-14-22(30)26(35)32(31)23(27(36)38-2)16-20-10-5-3-6-11-20/h3-8,10-13,19,22-23H,9,14-18H2,1-2H3,(H,29,37)/t19-,22-,23-/m0/s1. The fraction of sp³-hybridized carbons (Fsp3) is 0.393. The van der Waals surface area contributed by atoms with Gasteiger partial charge in [0.05, 0.1) is 7.11 Å². The molecule has 0 radical (unpaired) electrons. The highest BCUT2D eigenvalue weighted by atomic mass is 16.5. The number of esters is 1. The van der Waals surface area contributed by atoms with Crippen LogP contribution in [0.15, 0.2) is 60.7 Å². The molecule has 2 heterocycles. The quantitative estimate of drug-likeness (QED) is 0.509. The van der Waals surface area contributed by atoms with Crippen LogP contribution >= 0.6 is 0 Å². The number of amides is 4. The van der Waals surface area contributed by atoms with Crippen molar-refractivity contribution in [2.45, 2.75) is 50.9 Å². The molecule has 0 unspecified atom stereocenters. The summed E-state index contributed by atoms with van der Waals surface area (Å²) in [6.45, 7) is 1.34. The van der Waals surface area contributed by atoms with Crippen LogP contribution in [0.2, 0.25) is 0 Å². The molecule has 4 rings (SSSR count). The number of hydrogen-bond acceptors (Lipinski definition) is 7. The number of nitrogens with zero attached hydrogens (tertiary/aromatic N) is 3. The lowest BCUT2D eigenvalue weighted by Crippen LogP contribution is -2.62. The zero-order valence-electron chi connectivity index (χ0n) is 21.9. The third-order valence-corrected chi connectivity index (χ3v) is 6.84. The minimum Gasteiger partial charge on any atom is -0.467 e. The molecule has 2 aliphatic heterocycles. The fourth-order valence-electron chi connectivity index (χ4n) is 4.86. The first-order valence-corrected chi connectivity index (χ1v) is 12.8. The molecule has 11 nitrogen and oxygen atoms in total. The van der Waals surface area contributed by atoms with Crippen LogP contribution < -0.4 is 5.32 Å². The SMILES string of the molecule is COC(=O)[C@H](Cc1ccccc1)N1C(=O)[C@@H]2CCCN2C(=O)CN1C(=O)[C@H](C)NC(=O)OCc1ccccc1. The molecule has 2 aromatic rings. The Balaban J connectivity index is 1.59. The summed E-state index contributed by atoms with van der Waals surface area (Å²) in [6.07, 6.45) is 0.275. The first-order valence-electron chi connectivity index (χ1n) is 12.8. The summed E-state index contributed by atoms with van der Waals surface area (Å²) in [5, 5.41) is 4.49. The van der Waals surface area contributed by atoms with Crippen molar-refractivity contribution < 1.29 is 33.4 Å². The van der Waals surface area contributed by atoms with E-state index in [4.69, 9.17) is 9.47 Å². The van der Waals surface area contributed by atoms with Gasteiger partial charge in [0.1, 0.15) is 25.2 Å². The van der Waals surface area contributed by atoms with E-state index in [2.05, 4.69) is 5.32 Å². The van der Waals surface area contributed by atoms with Crippen LogP contribution in [0.1, 0.15) is 30.9 Å². The number of carbonyl (C=O) groups is 5. The van der Waals surface area contributed by atoms with E-state index in [1.54, 1.807) is 36.4 Å². The third kappa shape index (κ3) is 6.36. The number of methoxy groups -OCH3 is 1. The first kappa shape index (κ1) is 27.6. The summed E-state index contributed by atoms with van der Waals surface area (Å²) >= 11 is 0. The Morgan fingerprint density at radius 3 is 2.28 bits per heavy atom. The van der Waals surface area contributed by atoms with Gasteiger partial charge in [-0.3, -0.25) is 14.4 Å². The second-order valence-electron chi connectivity index (χ2n) is 9.48. The molecule has 2 aliphatic rings. The lowest BCUT2D eigenvalue weighted by Gasteiger charge is -2.38. The van der Waals surface area contributed by atoms with Gasteiger partial charge in [0.25, 0.3) is 11.8 Å². The molecule has 0 aliphatic carbocycles. The molecule has 11 heteroatoms. The highest BCUT2D eigenvalue weighted by molar-refractivity contribution is 5.98. The van der Waals surface area contributed by atoms with Crippen LogP contribution in [0.3, 0.4) is 0 Å². The van der Waals surface area contributed by atoms with Crippen molar-refractivity contribution >= 4 is 29.8 Å². The van der Waals surface area contributed by atoms with Crippen LogP contribution in [-0.4, -0.2) is 83.0 Å². The molecule has 206 valence electrons. The lowest BCUT2D eigenvalue weighted by atomic mass is 10.0. The Hall–Kier alpha value is -4.41. The minimum atomic E-state index is -1.21. The van der Waals surface area contributed by atoms with Crippen molar-refractivity contribution in [3.63, 3.8) is 0 Å². The average molecular weight is 537 g/mol. The average Bonchev–Trinajstić information content (AvgIpc) is 3.42. The number of ether oxygens (including phenoxy) is 2. The van der Waals surface area contributed by atoms with Crippen LogP contribution in [0.5, 0.6) is 0 Å². The van der Waals surface area contributed by atoms with Crippen molar-refractivity contribution in [3.8, 4) is 0 Å². The molecule has 3 atom stereocenters. The molecule has 4 amide bonds. The molecule has 2 saturated heterocycles. The smallest absolute Gasteiger partial charge is 0.408 e. The molecule has 0 saturated carbocycles. The zero-order chi connectivity index (χ0) is 27.9. The maximum atomic E-state index is 13.9. The maximum Gasteiger partial charge on any atom is 0.408 e. The molecule has 0 aromatic heterocycles. The van der Waals surface area contributed by atoms with Crippen molar-refractivity contribution in [3.05, 3.63) is 71.8 Å². The highest BCUT2D eigenvalue weighted by Crippen LogP contribution is 2.27. The largest absolute Gasteiger partial charge is 0.467 e. The van der Waals surface area contributed by atoms with Crippen LogP contribution in [-0.2, 0) is 41.7 Å². The van der Waals surface area contributed by atoms with Gasteiger partial charge in [-0.05, 0) is 30.9 Å². The number of fused-ring (bicyclic) bond motifs is 1. The summed E-state index contributed by atoms with van der Waals surface area (Å²) in [4.78, 5) is 67.6. The summed E-state index contributed by atoms with van der Waals surface area (Å²) in [5.74, 6) is -2.43. The van der Waals surface area contributed by atoms with Gasteiger partial charge >= 0.3 is 12.1 Å². The van der Waals surface area contributed by atoms with E-state index in [0.717, 1.165) is 21.1 Å². The van der Waals surface area contributed by atoms with Gasteiger partial charge in [-0.25, -0.2) is 19.6 Å². The Labute approximate surface area is 226 Å². The molecule has 2 aromatic carbocycles. The van der Waals surface area contributed by atoms with Crippen molar-refractivity contribution in [1.82, 2.24) is 20.2 Å². The summed E-state index contributed by atoms with van der Waals surface area (Å²) in [6, 6.07) is 14.9. The Kier molecular flexibility index (Phi) is 8.80. The van der Waals surface area contributed by atoms with E-state index in [-0.39, 0.29) is 13.0 Å². The van der Waals surface area contributed by atoms with Gasteiger partial charge in [0.15, 0.2) is 6.04 Å². The summed E-state index contributed by atoms with van der Waals surface area (Å²) < 4.78 is 10.3. The van der Waals surface area contributed by atoms with Gasteiger partial charge in [-0.15, -0.1) is 0 Å². The Morgan fingerprint density at radius 1 is 1.00 bits per heavy atom. The predicted molar refractivity (Wildman–Crippen MR) is 138 cm³/mol. The molecular formula is C28H32N4O7. The maximum absolute atomic E-state index is 13.9. The van der Waals surface area contributed by atoms with Gasteiger partial charge in [-0.1, -0.05) is 60.7 Å². The third-order valence-electron chi connectivity index (χ3n) is 6.84. The number of benzene rings is 2. The van der Waals surface area contributed by atoms with E-state index in [1.807, 2.05) is 24.3 Å². The topological polar surface area (TPSA) is 126 Å². The van der Waals surface area contributed by atoms with Crippen molar-refractivity contribution in [2.75, 3.05) is 20.2 Å². The van der Waals surface area contributed by atoms with E-state index < -0.39 is 54.5 Å². The molecule has 1 N–H and O–H groups in total. The summed E-state index contributed by atoms with van der Waals surface area (Å²) in [5.41, 5.74) is 1.51. The number of alkyl carbamates (subject to hydrolysis) is 1. The van der Waals surface area contributed by atoms with E-state index >= 15 is 0 Å². The van der Waals surface area contributed by atoms with Crippen LogP contribution in [0.25, 0.3) is 0 Å². The van der Waals surface area contributed by atoms with Gasteiger partial charge in [0.2, 0.25) is 5.91 Å². The zero-order valence-corrected chi connectivity index (χ0v) is 21.9.